The van der Waals surface area contributed by atoms with Crippen LogP contribution in [0.1, 0.15) is 0 Å². The molecule has 0 saturated carbocycles. The second-order valence-electron chi connectivity index (χ2n) is 8.11. The van der Waals surface area contributed by atoms with Crippen LogP contribution < -0.4 is 0 Å². The van der Waals surface area contributed by atoms with Crippen molar-refractivity contribution in [3.8, 4) is 67.9 Å². The van der Waals surface area contributed by atoms with Crippen LogP contribution in [0.5, 0.6) is 0 Å². The Morgan fingerprint density at radius 1 is 0.250 bits per heavy atom. The molecular weight excluding hydrogens is 456 g/mol. The lowest BCUT2D eigenvalue weighted by Crippen LogP contribution is -1.99. The summed E-state index contributed by atoms with van der Waals surface area (Å²) in [4.78, 5) is 0. The van der Waals surface area contributed by atoms with Crippen molar-refractivity contribution in [3.05, 3.63) is 110 Å². The van der Waals surface area contributed by atoms with Gasteiger partial charge >= 0.3 is 0 Å². The molecule has 6 heteroatoms. The van der Waals surface area contributed by atoms with Gasteiger partial charge in [-0.25, -0.2) is 0 Å². The Bertz CT molecular complexity index is 1320. The van der Waals surface area contributed by atoms with E-state index in [0.29, 0.717) is 34.6 Å². The van der Waals surface area contributed by atoms with Crippen molar-refractivity contribution >= 4 is 0 Å². The lowest BCUT2D eigenvalue weighted by Gasteiger charge is -2.22. The Morgan fingerprint density at radius 2 is 0.417 bits per heavy atom. The summed E-state index contributed by atoms with van der Waals surface area (Å²) in [7, 11) is 0. The van der Waals surface area contributed by atoms with E-state index in [9.17, 15) is 0 Å². The zero-order chi connectivity index (χ0) is 23.9. The maximum absolute atomic E-state index is 6.00. The third kappa shape index (κ3) is 3.12. The van der Waals surface area contributed by atoms with Crippen molar-refractivity contribution in [2.24, 2.45) is 0 Å². The SMILES string of the molecule is c1coc(-c2c(-c3ccco3)c(-c3ccco3)c(-c3ccco3)c(-c3ccco3)c2-c2ccco2)c1. The molecule has 7 aromatic rings. The molecule has 6 aromatic heterocycles. The van der Waals surface area contributed by atoms with Crippen LogP contribution in [0.15, 0.2) is 137 Å². The van der Waals surface area contributed by atoms with Crippen LogP contribution in [0.2, 0.25) is 0 Å². The van der Waals surface area contributed by atoms with Crippen LogP contribution in [0.4, 0.5) is 0 Å². The van der Waals surface area contributed by atoms with Crippen molar-refractivity contribution < 1.29 is 26.5 Å². The predicted molar refractivity (Wildman–Crippen MR) is 133 cm³/mol. The highest BCUT2D eigenvalue weighted by atomic mass is 16.3. The zero-order valence-corrected chi connectivity index (χ0v) is 18.8. The van der Waals surface area contributed by atoms with Crippen LogP contribution in [0, 0.1) is 0 Å². The minimum absolute atomic E-state index is 0.638. The molecule has 0 spiro atoms. The second kappa shape index (κ2) is 8.29. The van der Waals surface area contributed by atoms with Gasteiger partial charge in [0.1, 0.15) is 34.6 Å². The van der Waals surface area contributed by atoms with E-state index < -0.39 is 0 Å². The predicted octanol–water partition coefficient (Wildman–Crippen LogP) is 9.25. The minimum Gasteiger partial charge on any atom is -0.464 e. The fraction of sp³-hybridized carbons (Fsp3) is 0. The van der Waals surface area contributed by atoms with E-state index in [0.717, 1.165) is 33.4 Å². The summed E-state index contributed by atoms with van der Waals surface area (Å²) in [5, 5.41) is 0. The maximum atomic E-state index is 6.00. The Morgan fingerprint density at radius 3 is 0.528 bits per heavy atom. The molecule has 0 bridgehead atoms. The summed E-state index contributed by atoms with van der Waals surface area (Å²) in [5.41, 5.74) is 4.66. The molecule has 0 radical (unpaired) electrons. The Hall–Kier alpha value is -5.10. The van der Waals surface area contributed by atoms with Crippen molar-refractivity contribution in [2.75, 3.05) is 0 Å². The molecule has 0 N–H and O–H groups in total. The Balaban J connectivity index is 1.79. The van der Waals surface area contributed by atoms with Gasteiger partial charge in [-0.05, 0) is 72.8 Å². The summed E-state index contributed by atoms with van der Waals surface area (Å²) in [5.74, 6) is 3.83. The molecule has 0 aliphatic heterocycles. The van der Waals surface area contributed by atoms with Crippen LogP contribution in [-0.2, 0) is 0 Å². The number of furan rings is 6. The van der Waals surface area contributed by atoms with E-state index in [2.05, 4.69) is 0 Å². The summed E-state index contributed by atoms with van der Waals surface area (Å²) >= 11 is 0. The summed E-state index contributed by atoms with van der Waals surface area (Å²) in [6.07, 6.45) is 9.87. The quantitative estimate of drug-likeness (QED) is 0.239. The van der Waals surface area contributed by atoms with Gasteiger partial charge in [-0.15, -0.1) is 0 Å². The number of benzene rings is 1. The minimum atomic E-state index is 0.638. The average molecular weight is 474 g/mol. The summed E-state index contributed by atoms with van der Waals surface area (Å²) < 4.78 is 36.0. The van der Waals surface area contributed by atoms with Gasteiger partial charge in [0.25, 0.3) is 0 Å². The van der Waals surface area contributed by atoms with E-state index in [1.807, 2.05) is 72.8 Å². The van der Waals surface area contributed by atoms with Gasteiger partial charge in [-0.2, -0.15) is 0 Å². The fourth-order valence-electron chi connectivity index (χ4n) is 4.75. The van der Waals surface area contributed by atoms with Gasteiger partial charge in [-0.1, -0.05) is 0 Å². The molecule has 174 valence electrons. The van der Waals surface area contributed by atoms with E-state index in [1.54, 1.807) is 37.6 Å². The van der Waals surface area contributed by atoms with E-state index >= 15 is 0 Å². The Labute approximate surface area is 205 Å². The first-order chi connectivity index (χ1) is 17.9. The highest BCUT2D eigenvalue weighted by molar-refractivity contribution is 6.11. The van der Waals surface area contributed by atoms with E-state index in [-0.39, 0.29) is 0 Å². The highest BCUT2D eigenvalue weighted by Gasteiger charge is 2.34. The molecule has 0 fully saturated rings. The highest BCUT2D eigenvalue weighted by Crippen LogP contribution is 2.56. The van der Waals surface area contributed by atoms with E-state index in [1.165, 1.54) is 0 Å². The van der Waals surface area contributed by atoms with E-state index in [4.69, 9.17) is 26.5 Å². The molecule has 36 heavy (non-hydrogen) atoms. The molecule has 7 rings (SSSR count). The number of hydrogen-bond acceptors (Lipinski definition) is 6. The summed E-state index contributed by atoms with van der Waals surface area (Å²) in [6.45, 7) is 0. The largest absolute Gasteiger partial charge is 0.464 e. The van der Waals surface area contributed by atoms with Crippen LogP contribution in [-0.4, -0.2) is 0 Å². The van der Waals surface area contributed by atoms with Crippen LogP contribution in [0.3, 0.4) is 0 Å². The second-order valence-corrected chi connectivity index (χ2v) is 8.11. The first-order valence-electron chi connectivity index (χ1n) is 11.4. The third-order valence-electron chi connectivity index (χ3n) is 6.11. The van der Waals surface area contributed by atoms with Gasteiger partial charge in [0.05, 0.1) is 37.6 Å². The van der Waals surface area contributed by atoms with Gasteiger partial charge in [0.2, 0.25) is 0 Å². The molecule has 0 unspecified atom stereocenters. The van der Waals surface area contributed by atoms with Gasteiger partial charge < -0.3 is 26.5 Å². The molecule has 0 aliphatic carbocycles. The number of rotatable bonds is 6. The lowest BCUT2D eigenvalue weighted by molar-refractivity contribution is 0.564. The topological polar surface area (TPSA) is 78.8 Å². The van der Waals surface area contributed by atoms with Crippen LogP contribution >= 0.6 is 0 Å². The lowest BCUT2D eigenvalue weighted by atomic mass is 9.81. The Kier molecular flexibility index (Phi) is 4.67. The molecule has 0 aliphatic rings. The monoisotopic (exact) mass is 474 g/mol. The normalized spacial score (nSPS) is 11.3. The van der Waals surface area contributed by atoms with Gasteiger partial charge in [0.15, 0.2) is 0 Å². The number of hydrogen-bond donors (Lipinski definition) is 0. The first-order valence-corrected chi connectivity index (χ1v) is 11.4. The molecule has 0 saturated heterocycles. The molecule has 0 amide bonds. The zero-order valence-electron chi connectivity index (χ0n) is 18.8. The molecule has 0 atom stereocenters. The molecule has 1 aromatic carbocycles. The van der Waals surface area contributed by atoms with Gasteiger partial charge in [-0.3, -0.25) is 0 Å². The third-order valence-corrected chi connectivity index (χ3v) is 6.11. The molecular formula is C30H18O6. The smallest absolute Gasteiger partial charge is 0.135 e. The fourth-order valence-corrected chi connectivity index (χ4v) is 4.75. The van der Waals surface area contributed by atoms with Crippen LogP contribution in [0.25, 0.3) is 67.9 Å². The average Bonchev–Trinajstić information content (AvgIpc) is 3.78. The molecule has 6 nitrogen and oxygen atoms in total. The van der Waals surface area contributed by atoms with Crippen molar-refractivity contribution in [3.63, 3.8) is 0 Å². The van der Waals surface area contributed by atoms with Gasteiger partial charge in [0, 0.05) is 33.4 Å². The van der Waals surface area contributed by atoms with Crippen molar-refractivity contribution in [1.82, 2.24) is 0 Å². The molecule has 6 heterocycles. The summed E-state index contributed by atoms with van der Waals surface area (Å²) in [6, 6.07) is 22.6. The van der Waals surface area contributed by atoms with Crippen molar-refractivity contribution in [2.45, 2.75) is 0 Å². The maximum Gasteiger partial charge on any atom is 0.135 e. The first kappa shape index (κ1) is 20.3. The standard InChI is InChI=1S/C30H18O6/c1-7-19(31-13-1)25-26(20-8-2-14-32-20)28(22-10-4-16-34-22)30(24-12-6-18-36-24)29(23-11-5-17-35-23)27(25)21-9-3-15-33-21/h1-18H. The van der Waals surface area contributed by atoms with Crippen molar-refractivity contribution in [1.29, 1.82) is 0 Å².